The average Bonchev–Trinajstić information content (AvgIpc) is 3.25. The van der Waals surface area contributed by atoms with Crippen LogP contribution in [0.2, 0.25) is 0 Å². The van der Waals surface area contributed by atoms with Crippen LogP contribution in [0.15, 0.2) is 60.8 Å². The van der Waals surface area contributed by atoms with Crippen molar-refractivity contribution in [3.63, 3.8) is 0 Å². The van der Waals surface area contributed by atoms with E-state index in [1.807, 2.05) is 43.3 Å². The van der Waals surface area contributed by atoms with Crippen molar-refractivity contribution < 1.29 is 4.79 Å². The number of benzene rings is 2. The Hall–Kier alpha value is -3.99. The molecule has 3 rings (SSSR count). The number of H-pyrrole nitrogens is 1. The molecule has 0 atom stereocenters. The van der Waals surface area contributed by atoms with Gasteiger partial charge >= 0.3 is 0 Å². The maximum Gasteiger partial charge on any atom is 0.258 e. The summed E-state index contributed by atoms with van der Waals surface area (Å²) in [7, 11) is 0. The Morgan fingerprint density at radius 1 is 1.22 bits per heavy atom. The zero-order chi connectivity index (χ0) is 19.1. The molecule has 1 aromatic heterocycles. The van der Waals surface area contributed by atoms with E-state index in [-0.39, 0.29) is 17.3 Å². The van der Waals surface area contributed by atoms with Crippen molar-refractivity contribution in [2.45, 2.75) is 6.92 Å². The second kappa shape index (κ2) is 8.40. The van der Waals surface area contributed by atoms with Crippen LogP contribution >= 0.6 is 0 Å². The molecule has 8 nitrogen and oxygen atoms in total. The lowest BCUT2D eigenvalue weighted by molar-refractivity contribution is 0.0988. The van der Waals surface area contributed by atoms with E-state index in [1.165, 1.54) is 6.20 Å². The number of nitrogens with one attached hydrogen (secondary N) is 2. The summed E-state index contributed by atoms with van der Waals surface area (Å²) in [5.74, 6) is 0.133. The summed E-state index contributed by atoms with van der Waals surface area (Å²) in [4.78, 5) is 14.5. The molecule has 0 saturated heterocycles. The molecule has 0 saturated carbocycles. The van der Waals surface area contributed by atoms with Gasteiger partial charge in [0.15, 0.2) is 0 Å². The van der Waals surface area contributed by atoms with Gasteiger partial charge in [0, 0.05) is 29.7 Å². The summed E-state index contributed by atoms with van der Waals surface area (Å²) >= 11 is 0. The number of rotatable bonds is 6. The Morgan fingerprint density at radius 2 is 1.96 bits per heavy atom. The minimum absolute atomic E-state index is 0.0738. The van der Waals surface area contributed by atoms with Gasteiger partial charge in [-0.1, -0.05) is 18.2 Å². The van der Waals surface area contributed by atoms with E-state index in [1.54, 1.807) is 29.2 Å². The highest BCUT2D eigenvalue weighted by atomic mass is 16.2. The molecule has 0 spiro atoms. The fraction of sp³-hybridized carbons (Fsp3) is 0.105. The zero-order valence-electron chi connectivity index (χ0n) is 14.6. The maximum absolute atomic E-state index is 12.8. The predicted molar refractivity (Wildman–Crippen MR) is 102 cm³/mol. The van der Waals surface area contributed by atoms with Crippen LogP contribution in [0.4, 0.5) is 11.4 Å². The summed E-state index contributed by atoms with van der Waals surface area (Å²) in [6.45, 7) is 2.51. The number of para-hydroxylation sites is 1. The van der Waals surface area contributed by atoms with E-state index in [9.17, 15) is 4.79 Å². The SMILES string of the molecule is CCN(C(=O)c1ccc(NC=C(C#N)c2nn[nH]n2)cc1)c1ccccc1. The monoisotopic (exact) mass is 359 g/mol. The Labute approximate surface area is 156 Å². The number of tetrazole rings is 1. The third-order valence-corrected chi connectivity index (χ3v) is 3.85. The van der Waals surface area contributed by atoms with Crippen LogP contribution in [0.1, 0.15) is 23.1 Å². The minimum Gasteiger partial charge on any atom is -0.360 e. The number of allylic oxidation sites excluding steroid dienone is 1. The molecule has 0 unspecified atom stereocenters. The number of carbonyl (C=O) groups is 1. The second-order valence-corrected chi connectivity index (χ2v) is 5.51. The summed E-state index contributed by atoms with van der Waals surface area (Å²) < 4.78 is 0. The largest absolute Gasteiger partial charge is 0.360 e. The molecule has 1 heterocycles. The Balaban J connectivity index is 1.73. The molecule has 3 aromatic rings. The number of aromatic nitrogens is 4. The van der Waals surface area contributed by atoms with Gasteiger partial charge < -0.3 is 10.2 Å². The van der Waals surface area contributed by atoms with Crippen LogP contribution in [0.25, 0.3) is 5.57 Å². The lowest BCUT2D eigenvalue weighted by Crippen LogP contribution is -2.30. The van der Waals surface area contributed by atoms with Gasteiger partial charge in [-0.05, 0) is 48.5 Å². The van der Waals surface area contributed by atoms with Crippen molar-refractivity contribution >= 4 is 22.9 Å². The third kappa shape index (κ3) is 4.16. The number of hydrogen-bond donors (Lipinski definition) is 2. The van der Waals surface area contributed by atoms with Crippen LogP contribution in [0.5, 0.6) is 0 Å². The van der Waals surface area contributed by atoms with Gasteiger partial charge in [-0.15, -0.1) is 10.2 Å². The van der Waals surface area contributed by atoms with Crippen molar-refractivity contribution in [3.05, 3.63) is 72.2 Å². The van der Waals surface area contributed by atoms with Crippen LogP contribution in [0, 0.1) is 11.3 Å². The van der Waals surface area contributed by atoms with Gasteiger partial charge in [0.05, 0.1) is 0 Å². The predicted octanol–water partition coefficient (Wildman–Crippen LogP) is 2.84. The number of carbonyl (C=O) groups excluding carboxylic acids is 1. The highest BCUT2D eigenvalue weighted by Crippen LogP contribution is 2.18. The van der Waals surface area contributed by atoms with Gasteiger partial charge in [0.25, 0.3) is 5.91 Å². The summed E-state index contributed by atoms with van der Waals surface area (Å²) in [6.07, 6.45) is 1.49. The molecular weight excluding hydrogens is 342 g/mol. The molecule has 0 radical (unpaired) electrons. The van der Waals surface area contributed by atoms with E-state index in [0.29, 0.717) is 12.1 Å². The Morgan fingerprint density at radius 3 is 2.56 bits per heavy atom. The topological polar surface area (TPSA) is 111 Å². The van der Waals surface area contributed by atoms with Crippen molar-refractivity contribution in [2.24, 2.45) is 0 Å². The summed E-state index contributed by atoms with van der Waals surface area (Å²) in [5.41, 5.74) is 2.40. The standard InChI is InChI=1S/C19H17N7O/c1-2-26(17-6-4-3-5-7-17)19(27)14-8-10-16(11-9-14)21-13-15(12-20)18-22-24-25-23-18/h3-11,13,21H,2H2,1H3,(H,22,23,24,25). The fourth-order valence-corrected chi connectivity index (χ4v) is 2.49. The molecule has 134 valence electrons. The Bertz CT molecular complexity index is 958. The second-order valence-electron chi connectivity index (χ2n) is 5.51. The normalized spacial score (nSPS) is 10.9. The van der Waals surface area contributed by atoms with Gasteiger partial charge in [-0.2, -0.15) is 10.5 Å². The molecule has 0 aliphatic carbocycles. The number of nitrogens with zero attached hydrogens (tertiary/aromatic N) is 5. The number of nitriles is 1. The van der Waals surface area contributed by atoms with E-state index in [0.717, 1.165) is 11.4 Å². The third-order valence-electron chi connectivity index (χ3n) is 3.85. The number of aromatic amines is 1. The molecule has 0 bridgehead atoms. The first-order valence-electron chi connectivity index (χ1n) is 8.30. The van der Waals surface area contributed by atoms with E-state index in [4.69, 9.17) is 5.26 Å². The van der Waals surface area contributed by atoms with Gasteiger partial charge in [0.2, 0.25) is 5.82 Å². The van der Waals surface area contributed by atoms with Crippen LogP contribution in [-0.2, 0) is 0 Å². The zero-order valence-corrected chi connectivity index (χ0v) is 14.6. The number of hydrogen-bond acceptors (Lipinski definition) is 6. The quantitative estimate of drug-likeness (QED) is 0.655. The number of anilines is 2. The lowest BCUT2D eigenvalue weighted by atomic mass is 10.1. The first kappa shape index (κ1) is 17.8. The van der Waals surface area contributed by atoms with Crippen LogP contribution in [-0.4, -0.2) is 33.1 Å². The minimum atomic E-state index is -0.0738. The van der Waals surface area contributed by atoms with E-state index >= 15 is 0 Å². The highest BCUT2D eigenvalue weighted by molar-refractivity contribution is 6.06. The van der Waals surface area contributed by atoms with E-state index in [2.05, 4.69) is 25.9 Å². The van der Waals surface area contributed by atoms with Crippen molar-refractivity contribution in [1.82, 2.24) is 20.6 Å². The van der Waals surface area contributed by atoms with Gasteiger partial charge in [-0.25, -0.2) is 0 Å². The first-order chi connectivity index (χ1) is 13.2. The molecule has 27 heavy (non-hydrogen) atoms. The molecule has 2 aromatic carbocycles. The lowest BCUT2D eigenvalue weighted by Gasteiger charge is -2.21. The molecule has 1 amide bonds. The van der Waals surface area contributed by atoms with Crippen LogP contribution in [0.3, 0.4) is 0 Å². The molecule has 2 N–H and O–H groups in total. The van der Waals surface area contributed by atoms with Gasteiger partial charge in [0.1, 0.15) is 11.6 Å². The smallest absolute Gasteiger partial charge is 0.258 e. The molecule has 8 heteroatoms. The van der Waals surface area contributed by atoms with Crippen molar-refractivity contribution in [3.8, 4) is 6.07 Å². The summed E-state index contributed by atoms with van der Waals surface area (Å²) in [6, 6.07) is 18.6. The van der Waals surface area contributed by atoms with Gasteiger partial charge in [-0.3, -0.25) is 4.79 Å². The Kier molecular flexibility index (Phi) is 5.54. The van der Waals surface area contributed by atoms with E-state index < -0.39 is 0 Å². The first-order valence-corrected chi connectivity index (χ1v) is 8.30. The number of amides is 1. The highest BCUT2D eigenvalue weighted by Gasteiger charge is 2.15. The fourth-order valence-electron chi connectivity index (χ4n) is 2.49. The van der Waals surface area contributed by atoms with Crippen LogP contribution < -0.4 is 10.2 Å². The maximum atomic E-state index is 12.8. The molecular formula is C19H17N7O. The van der Waals surface area contributed by atoms with Crippen molar-refractivity contribution in [2.75, 3.05) is 16.8 Å². The van der Waals surface area contributed by atoms with Crippen molar-refractivity contribution in [1.29, 1.82) is 5.26 Å². The molecule has 0 aliphatic rings. The average molecular weight is 359 g/mol. The molecule has 0 aliphatic heterocycles. The summed E-state index contributed by atoms with van der Waals surface area (Å²) in [5, 5.41) is 25.4. The molecule has 0 fully saturated rings.